The third-order valence-corrected chi connectivity index (χ3v) is 8.61. The molecular weight excluding hydrogens is 504 g/mol. The van der Waals surface area contributed by atoms with Crippen molar-refractivity contribution in [3.8, 4) is 11.4 Å². The predicted octanol–water partition coefficient (Wildman–Crippen LogP) is 3.60. The molecule has 0 radical (unpaired) electrons. The number of fused-ring (bicyclic) bond motifs is 1. The molecular formula is C26H30N8O3S. The van der Waals surface area contributed by atoms with E-state index in [1.165, 1.54) is 12.3 Å². The molecule has 0 bridgehead atoms. The van der Waals surface area contributed by atoms with Crippen molar-refractivity contribution in [3.63, 3.8) is 0 Å². The van der Waals surface area contributed by atoms with Gasteiger partial charge in [-0.2, -0.15) is 0 Å². The highest BCUT2D eigenvalue weighted by atomic mass is 32.2. The van der Waals surface area contributed by atoms with Crippen molar-refractivity contribution in [3.05, 3.63) is 58.3 Å². The Kier molecular flexibility index (Phi) is 6.91. The molecule has 4 aromatic rings. The van der Waals surface area contributed by atoms with E-state index in [0.29, 0.717) is 35.0 Å². The molecule has 11 nitrogen and oxygen atoms in total. The number of sulfone groups is 1. The van der Waals surface area contributed by atoms with E-state index >= 15 is 0 Å². The Morgan fingerprint density at radius 3 is 2.53 bits per heavy atom. The normalized spacial score (nSPS) is 14.5. The number of hydrogen-bond acceptors (Lipinski definition) is 10. The van der Waals surface area contributed by atoms with Crippen molar-refractivity contribution >= 4 is 26.8 Å². The summed E-state index contributed by atoms with van der Waals surface area (Å²) in [6.45, 7) is 7.68. The van der Waals surface area contributed by atoms with E-state index in [-0.39, 0.29) is 34.6 Å². The van der Waals surface area contributed by atoms with Crippen LogP contribution in [0.2, 0.25) is 0 Å². The first kappa shape index (κ1) is 25.8. The average molecular weight is 535 g/mol. The van der Waals surface area contributed by atoms with Gasteiger partial charge in [-0.25, -0.2) is 33.3 Å². The van der Waals surface area contributed by atoms with Gasteiger partial charge in [0.15, 0.2) is 27.1 Å². The van der Waals surface area contributed by atoms with Crippen molar-refractivity contribution in [1.29, 1.82) is 0 Å². The monoisotopic (exact) mass is 534 g/mol. The molecule has 1 saturated carbocycles. The van der Waals surface area contributed by atoms with E-state index in [4.69, 9.17) is 4.98 Å². The summed E-state index contributed by atoms with van der Waals surface area (Å²) in [7, 11) is -3.33. The first-order valence-electron chi connectivity index (χ1n) is 12.8. The van der Waals surface area contributed by atoms with Gasteiger partial charge in [0.25, 0.3) is 5.56 Å². The molecule has 1 aliphatic rings. The molecule has 1 N–H and O–H groups in total. The average Bonchev–Trinajstić information content (AvgIpc) is 3.77. The van der Waals surface area contributed by atoms with Crippen molar-refractivity contribution in [2.24, 2.45) is 0 Å². The lowest BCUT2D eigenvalue weighted by Gasteiger charge is -2.18. The minimum absolute atomic E-state index is 0.00495. The molecule has 38 heavy (non-hydrogen) atoms. The molecule has 0 spiro atoms. The number of nitrogens with one attached hydrogen (secondary N) is 1. The Bertz CT molecular complexity index is 1660. The predicted molar refractivity (Wildman–Crippen MR) is 144 cm³/mol. The third kappa shape index (κ3) is 4.87. The number of aryl methyl sites for hydroxylation is 1. The van der Waals surface area contributed by atoms with Gasteiger partial charge >= 0.3 is 0 Å². The lowest BCUT2D eigenvalue weighted by molar-refractivity contribution is 0.526. The van der Waals surface area contributed by atoms with Crippen molar-refractivity contribution in [2.75, 3.05) is 11.1 Å². The standard InChI is InChI=1S/C26H30N8O3S/c1-5-15(3)34-25-20(13-29-23(33-25)21-16(4)30-14-31-22(21)17-7-8-17)32-24(26(34)35)28-11-18-9-10-19(12-27-18)38(36,37)6-2/h9-10,12-15,17H,5-8,11H2,1-4H3,(H,28,32)/t15-/m0/s1. The molecule has 1 fully saturated rings. The highest BCUT2D eigenvalue weighted by Crippen LogP contribution is 2.43. The first-order valence-corrected chi connectivity index (χ1v) is 14.4. The maximum atomic E-state index is 13.6. The molecule has 0 saturated heterocycles. The highest BCUT2D eigenvalue weighted by molar-refractivity contribution is 7.91. The molecule has 5 rings (SSSR count). The van der Waals surface area contributed by atoms with Crippen LogP contribution in [0, 0.1) is 6.92 Å². The molecule has 4 heterocycles. The molecule has 12 heteroatoms. The van der Waals surface area contributed by atoms with Crippen LogP contribution in [-0.2, 0) is 16.4 Å². The number of pyridine rings is 1. The molecule has 0 aliphatic heterocycles. The van der Waals surface area contributed by atoms with Crippen LogP contribution in [0.5, 0.6) is 0 Å². The third-order valence-electron chi connectivity index (χ3n) is 6.89. The number of aromatic nitrogens is 7. The van der Waals surface area contributed by atoms with Crippen LogP contribution < -0.4 is 10.9 Å². The van der Waals surface area contributed by atoms with Crippen molar-refractivity contribution in [1.82, 2.24) is 34.5 Å². The molecule has 4 aromatic heterocycles. The van der Waals surface area contributed by atoms with Gasteiger partial charge < -0.3 is 5.32 Å². The molecule has 1 aliphatic carbocycles. The van der Waals surface area contributed by atoms with Gasteiger partial charge in [-0.1, -0.05) is 13.8 Å². The van der Waals surface area contributed by atoms with Crippen LogP contribution in [0.3, 0.4) is 0 Å². The summed E-state index contributed by atoms with van der Waals surface area (Å²) in [5, 5.41) is 3.07. The van der Waals surface area contributed by atoms with Gasteiger partial charge in [-0.15, -0.1) is 0 Å². The van der Waals surface area contributed by atoms with E-state index in [1.807, 2.05) is 20.8 Å². The van der Waals surface area contributed by atoms with E-state index in [9.17, 15) is 13.2 Å². The topological polar surface area (TPSA) is 146 Å². The molecule has 1 atom stereocenters. The molecule has 0 unspecified atom stereocenters. The van der Waals surface area contributed by atoms with E-state index in [2.05, 4.69) is 30.2 Å². The Morgan fingerprint density at radius 1 is 1.08 bits per heavy atom. The van der Waals surface area contributed by atoms with Gasteiger partial charge in [0, 0.05) is 18.2 Å². The van der Waals surface area contributed by atoms with Crippen molar-refractivity contribution in [2.45, 2.75) is 70.4 Å². The fourth-order valence-electron chi connectivity index (χ4n) is 4.30. The summed E-state index contributed by atoms with van der Waals surface area (Å²) in [6.07, 6.45) is 7.42. The van der Waals surface area contributed by atoms with Crippen LogP contribution in [0.1, 0.15) is 69.1 Å². The fraction of sp³-hybridized carbons (Fsp3) is 0.423. The summed E-state index contributed by atoms with van der Waals surface area (Å²) in [5.74, 6) is 1.03. The van der Waals surface area contributed by atoms with Crippen LogP contribution in [-0.4, -0.2) is 48.6 Å². The zero-order valence-electron chi connectivity index (χ0n) is 21.8. The second kappa shape index (κ2) is 10.2. The lowest BCUT2D eigenvalue weighted by atomic mass is 10.1. The van der Waals surface area contributed by atoms with Gasteiger partial charge in [0.2, 0.25) is 0 Å². The smallest absolute Gasteiger partial charge is 0.295 e. The SMILES string of the molecule is CC[C@H](C)n1c(=O)c(NCc2ccc(S(=O)(=O)CC)cn2)nc2cnc(-c3c(C)ncnc3C3CC3)nc21. The minimum Gasteiger partial charge on any atom is -0.360 e. The van der Waals surface area contributed by atoms with Gasteiger partial charge in [0.1, 0.15) is 11.8 Å². The zero-order valence-corrected chi connectivity index (χ0v) is 22.7. The number of nitrogens with zero attached hydrogens (tertiary/aromatic N) is 7. The maximum Gasteiger partial charge on any atom is 0.295 e. The lowest BCUT2D eigenvalue weighted by Crippen LogP contribution is -2.28. The Morgan fingerprint density at radius 2 is 1.87 bits per heavy atom. The van der Waals surface area contributed by atoms with E-state index in [1.54, 1.807) is 30.1 Å². The first-order chi connectivity index (χ1) is 18.2. The van der Waals surface area contributed by atoms with Gasteiger partial charge in [0.05, 0.1) is 46.0 Å². The van der Waals surface area contributed by atoms with Crippen LogP contribution >= 0.6 is 0 Å². The second-order valence-electron chi connectivity index (χ2n) is 9.53. The number of rotatable bonds is 9. The summed E-state index contributed by atoms with van der Waals surface area (Å²) in [4.78, 5) is 40.8. The quantitative estimate of drug-likeness (QED) is 0.338. The van der Waals surface area contributed by atoms with E-state index in [0.717, 1.165) is 29.8 Å². The van der Waals surface area contributed by atoms with Crippen LogP contribution in [0.4, 0.5) is 5.82 Å². The van der Waals surface area contributed by atoms with Crippen molar-refractivity contribution < 1.29 is 8.42 Å². The largest absolute Gasteiger partial charge is 0.360 e. The summed E-state index contributed by atoms with van der Waals surface area (Å²) < 4.78 is 25.7. The molecule has 0 amide bonds. The second-order valence-corrected chi connectivity index (χ2v) is 11.8. The van der Waals surface area contributed by atoms with Crippen LogP contribution in [0.15, 0.2) is 40.5 Å². The fourth-order valence-corrected chi connectivity index (χ4v) is 5.13. The number of hydrogen-bond donors (Lipinski definition) is 1. The summed E-state index contributed by atoms with van der Waals surface area (Å²) in [6, 6.07) is 3.01. The molecule has 198 valence electrons. The summed E-state index contributed by atoms with van der Waals surface area (Å²) in [5.41, 5.74) is 3.79. The minimum atomic E-state index is -3.33. The highest BCUT2D eigenvalue weighted by Gasteiger charge is 2.30. The Hall–Kier alpha value is -3.80. The maximum absolute atomic E-state index is 13.6. The summed E-state index contributed by atoms with van der Waals surface area (Å²) >= 11 is 0. The van der Waals surface area contributed by atoms with Gasteiger partial charge in [-0.3, -0.25) is 14.3 Å². The zero-order chi connectivity index (χ0) is 27.0. The number of anilines is 1. The Balaban J connectivity index is 1.53. The van der Waals surface area contributed by atoms with Gasteiger partial charge in [-0.05, 0) is 45.2 Å². The molecule has 0 aromatic carbocycles. The van der Waals surface area contributed by atoms with E-state index < -0.39 is 9.84 Å². The Labute approximate surface area is 220 Å². The van der Waals surface area contributed by atoms with Crippen LogP contribution in [0.25, 0.3) is 22.6 Å².